The molecule has 1 aromatic carbocycles. The number of nitrogens with zero attached hydrogens (tertiary/aromatic N) is 1. The van der Waals surface area contributed by atoms with Gasteiger partial charge in [-0.2, -0.15) is 0 Å². The smallest absolute Gasteiger partial charge is 0.408 e. The average Bonchev–Trinajstić information content (AvgIpc) is 2.59. The van der Waals surface area contributed by atoms with Gasteiger partial charge in [-0.3, -0.25) is 9.78 Å². The van der Waals surface area contributed by atoms with E-state index in [0.717, 1.165) is 11.1 Å². The lowest BCUT2D eigenvalue weighted by Gasteiger charge is -2.21. The van der Waals surface area contributed by atoms with Gasteiger partial charge >= 0.3 is 6.09 Å². The molecule has 0 spiro atoms. The number of pyridine rings is 1. The summed E-state index contributed by atoms with van der Waals surface area (Å²) >= 11 is 0. The van der Waals surface area contributed by atoms with Crippen LogP contribution in [0, 0.1) is 5.92 Å². The summed E-state index contributed by atoms with van der Waals surface area (Å²) in [6.45, 7) is 3.97. The monoisotopic (exact) mass is 326 g/mol. The minimum atomic E-state index is -0.583. The Morgan fingerprint density at radius 2 is 1.71 bits per heavy atom. The van der Waals surface area contributed by atoms with E-state index in [-0.39, 0.29) is 24.7 Å². The Bertz CT molecular complexity index is 657. The zero-order valence-corrected chi connectivity index (χ0v) is 13.9. The highest BCUT2D eigenvalue weighted by Gasteiger charge is 2.24. The second-order valence-electron chi connectivity index (χ2n) is 5.93. The third-order valence-electron chi connectivity index (χ3n) is 3.63. The van der Waals surface area contributed by atoms with E-state index in [4.69, 9.17) is 4.74 Å². The standard InChI is InChI=1S/C19H22N2O3/c1-14(2)18(17(22)12-15-8-10-20-11-9-15)21-19(23)24-13-16-6-4-3-5-7-16/h3-11,14,18H,12-13H2,1-2H3,(H,21,23)/t18-/m0/s1. The van der Waals surface area contributed by atoms with Crippen LogP contribution in [-0.2, 0) is 22.6 Å². The maximum Gasteiger partial charge on any atom is 0.408 e. The summed E-state index contributed by atoms with van der Waals surface area (Å²) in [5, 5.41) is 2.68. The fraction of sp³-hybridized carbons (Fsp3) is 0.316. The molecule has 5 nitrogen and oxygen atoms in total. The predicted molar refractivity (Wildman–Crippen MR) is 91.3 cm³/mol. The van der Waals surface area contributed by atoms with Gasteiger partial charge in [0, 0.05) is 18.8 Å². The minimum Gasteiger partial charge on any atom is -0.445 e. The molecule has 0 saturated carbocycles. The first-order valence-corrected chi connectivity index (χ1v) is 7.95. The van der Waals surface area contributed by atoms with Crippen molar-refractivity contribution in [2.75, 3.05) is 0 Å². The Labute approximate surface area is 142 Å². The summed E-state index contributed by atoms with van der Waals surface area (Å²) in [7, 11) is 0. The molecular weight excluding hydrogens is 304 g/mol. The van der Waals surface area contributed by atoms with Gasteiger partial charge in [-0.25, -0.2) is 4.79 Å². The van der Waals surface area contributed by atoms with Crippen molar-refractivity contribution < 1.29 is 14.3 Å². The van der Waals surface area contributed by atoms with Crippen LogP contribution in [0.2, 0.25) is 0 Å². The van der Waals surface area contributed by atoms with Crippen LogP contribution in [0.4, 0.5) is 4.79 Å². The second kappa shape index (κ2) is 8.82. The van der Waals surface area contributed by atoms with E-state index in [1.54, 1.807) is 24.5 Å². The van der Waals surface area contributed by atoms with Crippen LogP contribution in [0.5, 0.6) is 0 Å². The molecule has 1 aromatic heterocycles. The van der Waals surface area contributed by atoms with Crippen LogP contribution < -0.4 is 5.32 Å². The summed E-state index contributed by atoms with van der Waals surface area (Å²) in [6, 6.07) is 12.4. The van der Waals surface area contributed by atoms with E-state index < -0.39 is 12.1 Å². The van der Waals surface area contributed by atoms with Gasteiger partial charge in [-0.1, -0.05) is 44.2 Å². The maximum atomic E-state index is 12.5. The van der Waals surface area contributed by atoms with Crippen LogP contribution in [0.3, 0.4) is 0 Å². The largest absolute Gasteiger partial charge is 0.445 e. The average molecular weight is 326 g/mol. The molecule has 1 amide bonds. The fourth-order valence-electron chi connectivity index (χ4n) is 2.32. The normalized spacial score (nSPS) is 11.8. The molecule has 5 heteroatoms. The van der Waals surface area contributed by atoms with Crippen LogP contribution >= 0.6 is 0 Å². The molecule has 0 aliphatic rings. The highest BCUT2D eigenvalue weighted by molar-refractivity contribution is 5.89. The zero-order valence-electron chi connectivity index (χ0n) is 13.9. The molecular formula is C19H22N2O3. The van der Waals surface area contributed by atoms with Crippen LogP contribution in [-0.4, -0.2) is 22.9 Å². The number of nitrogens with one attached hydrogen (secondary N) is 1. The highest BCUT2D eigenvalue weighted by atomic mass is 16.5. The van der Waals surface area contributed by atoms with Crippen molar-refractivity contribution >= 4 is 11.9 Å². The van der Waals surface area contributed by atoms with Gasteiger partial charge in [0.15, 0.2) is 5.78 Å². The summed E-state index contributed by atoms with van der Waals surface area (Å²) < 4.78 is 5.20. The van der Waals surface area contributed by atoms with Gasteiger partial charge in [-0.15, -0.1) is 0 Å². The maximum absolute atomic E-state index is 12.5. The van der Waals surface area contributed by atoms with Crippen molar-refractivity contribution in [3.63, 3.8) is 0 Å². The third-order valence-corrected chi connectivity index (χ3v) is 3.63. The van der Waals surface area contributed by atoms with E-state index in [9.17, 15) is 9.59 Å². The topological polar surface area (TPSA) is 68.3 Å². The number of Topliss-reactive ketones (excluding diaryl/α,β-unsaturated/α-hetero) is 1. The number of benzene rings is 1. The first kappa shape index (κ1) is 17.7. The SMILES string of the molecule is CC(C)[C@H](NC(=O)OCc1ccccc1)C(=O)Cc1ccncc1. The van der Waals surface area contributed by atoms with Crippen molar-refractivity contribution in [3.05, 3.63) is 66.0 Å². The van der Waals surface area contributed by atoms with Crippen molar-refractivity contribution in [2.45, 2.75) is 32.9 Å². The Hall–Kier alpha value is -2.69. The van der Waals surface area contributed by atoms with Gasteiger partial charge in [0.1, 0.15) is 6.61 Å². The van der Waals surface area contributed by atoms with Gasteiger partial charge in [0.2, 0.25) is 0 Å². The lowest BCUT2D eigenvalue weighted by Crippen LogP contribution is -2.45. The number of ketones is 1. The number of alkyl carbamates (subject to hydrolysis) is 1. The fourth-order valence-corrected chi connectivity index (χ4v) is 2.32. The van der Waals surface area contributed by atoms with Crippen molar-refractivity contribution in [2.24, 2.45) is 5.92 Å². The summed E-state index contributed by atoms with van der Waals surface area (Å²) in [4.78, 5) is 28.4. The molecule has 0 radical (unpaired) electrons. The van der Waals surface area contributed by atoms with E-state index >= 15 is 0 Å². The Kier molecular flexibility index (Phi) is 6.49. The highest BCUT2D eigenvalue weighted by Crippen LogP contribution is 2.09. The first-order valence-electron chi connectivity index (χ1n) is 7.95. The number of carbonyl (C=O) groups excluding carboxylic acids is 2. The molecule has 1 heterocycles. The van der Waals surface area contributed by atoms with Crippen molar-refractivity contribution in [1.29, 1.82) is 0 Å². The Morgan fingerprint density at radius 3 is 2.33 bits per heavy atom. The molecule has 2 rings (SSSR count). The molecule has 0 saturated heterocycles. The van der Waals surface area contributed by atoms with Crippen molar-refractivity contribution in [3.8, 4) is 0 Å². The molecule has 0 bridgehead atoms. The number of rotatable bonds is 7. The Morgan fingerprint density at radius 1 is 1.04 bits per heavy atom. The van der Waals surface area contributed by atoms with E-state index in [1.165, 1.54) is 0 Å². The third kappa shape index (κ3) is 5.50. The van der Waals surface area contributed by atoms with Crippen LogP contribution in [0.15, 0.2) is 54.9 Å². The lowest BCUT2D eigenvalue weighted by atomic mass is 9.96. The number of amides is 1. The van der Waals surface area contributed by atoms with E-state index in [1.807, 2.05) is 44.2 Å². The molecule has 0 aliphatic heterocycles. The van der Waals surface area contributed by atoms with Gasteiger partial charge in [-0.05, 0) is 29.2 Å². The molecule has 126 valence electrons. The number of ether oxygens (including phenoxy) is 1. The number of hydrogen-bond donors (Lipinski definition) is 1. The minimum absolute atomic E-state index is 0.0244. The van der Waals surface area contributed by atoms with Gasteiger partial charge in [0.25, 0.3) is 0 Å². The van der Waals surface area contributed by atoms with Crippen LogP contribution in [0.25, 0.3) is 0 Å². The zero-order chi connectivity index (χ0) is 17.4. The number of hydrogen-bond acceptors (Lipinski definition) is 4. The van der Waals surface area contributed by atoms with Crippen molar-refractivity contribution in [1.82, 2.24) is 10.3 Å². The predicted octanol–water partition coefficient (Wildman–Crippen LogP) is 3.14. The quantitative estimate of drug-likeness (QED) is 0.849. The molecule has 24 heavy (non-hydrogen) atoms. The molecule has 0 unspecified atom stereocenters. The molecule has 0 aliphatic carbocycles. The summed E-state index contributed by atoms with van der Waals surface area (Å²) in [5.74, 6) is -0.0727. The molecule has 2 aromatic rings. The van der Waals surface area contributed by atoms with Crippen LogP contribution in [0.1, 0.15) is 25.0 Å². The first-order chi connectivity index (χ1) is 11.6. The summed E-state index contributed by atoms with van der Waals surface area (Å²) in [6.07, 6.45) is 2.97. The number of carbonyl (C=O) groups is 2. The second-order valence-corrected chi connectivity index (χ2v) is 5.93. The van der Waals surface area contributed by atoms with E-state index in [2.05, 4.69) is 10.3 Å². The Balaban J connectivity index is 1.90. The van der Waals surface area contributed by atoms with Gasteiger partial charge < -0.3 is 10.1 Å². The molecule has 1 N–H and O–H groups in total. The van der Waals surface area contributed by atoms with Gasteiger partial charge in [0.05, 0.1) is 6.04 Å². The summed E-state index contributed by atoms with van der Waals surface area (Å²) in [5.41, 5.74) is 1.77. The number of aromatic nitrogens is 1. The lowest BCUT2D eigenvalue weighted by molar-refractivity contribution is -0.121. The molecule has 1 atom stereocenters. The van der Waals surface area contributed by atoms with E-state index in [0.29, 0.717) is 0 Å². The molecule has 0 fully saturated rings.